The molecule has 3 rings (SSSR count). The number of carbonyl (C=O) groups excluding carboxylic acids is 1. The first-order valence-corrected chi connectivity index (χ1v) is 7.95. The standard InChI is InChI=1S/C20H23NO2/c1-20(2,3)21-18(15-8-6-5-7-9-15)17(19(21)22)14-10-12-16(23-4)13-11-14/h5-13,17-18H,1-4H3/t17-,18+/m0/s1. The smallest absolute Gasteiger partial charge is 0.233 e. The van der Waals surface area contributed by atoms with Crippen LogP contribution in [0.5, 0.6) is 5.75 Å². The number of amides is 1. The van der Waals surface area contributed by atoms with E-state index in [1.807, 2.05) is 47.4 Å². The first kappa shape index (κ1) is 15.6. The highest BCUT2D eigenvalue weighted by atomic mass is 16.5. The number of likely N-dealkylation sites (tertiary alicyclic amines) is 1. The maximum absolute atomic E-state index is 12.8. The lowest BCUT2D eigenvalue weighted by Gasteiger charge is -2.54. The molecule has 0 spiro atoms. The SMILES string of the molecule is COc1ccc([C@@H]2C(=O)N(C(C)(C)C)[C@@H]2c2ccccc2)cc1. The third-order valence-corrected chi connectivity index (χ3v) is 4.44. The zero-order valence-electron chi connectivity index (χ0n) is 14.1. The van der Waals surface area contributed by atoms with Crippen molar-refractivity contribution in [2.45, 2.75) is 38.3 Å². The maximum Gasteiger partial charge on any atom is 0.233 e. The van der Waals surface area contributed by atoms with Crippen molar-refractivity contribution in [1.29, 1.82) is 0 Å². The molecule has 1 fully saturated rings. The highest BCUT2D eigenvalue weighted by molar-refractivity contribution is 5.92. The molecule has 2 aromatic carbocycles. The Morgan fingerprint density at radius 3 is 2.04 bits per heavy atom. The second-order valence-corrected chi connectivity index (χ2v) is 6.99. The summed E-state index contributed by atoms with van der Waals surface area (Å²) in [5, 5.41) is 0. The highest BCUT2D eigenvalue weighted by Gasteiger charge is 2.52. The summed E-state index contributed by atoms with van der Waals surface area (Å²) in [7, 11) is 1.65. The fourth-order valence-corrected chi connectivity index (χ4v) is 3.36. The molecule has 3 heteroatoms. The molecule has 1 saturated heterocycles. The third kappa shape index (κ3) is 2.72. The minimum atomic E-state index is -0.194. The van der Waals surface area contributed by atoms with E-state index in [9.17, 15) is 4.79 Å². The maximum atomic E-state index is 12.8. The molecule has 0 N–H and O–H groups in total. The van der Waals surface area contributed by atoms with E-state index in [4.69, 9.17) is 4.74 Å². The van der Waals surface area contributed by atoms with Crippen molar-refractivity contribution in [2.24, 2.45) is 0 Å². The van der Waals surface area contributed by atoms with Gasteiger partial charge in [0.25, 0.3) is 0 Å². The quantitative estimate of drug-likeness (QED) is 0.797. The molecule has 2 aromatic rings. The van der Waals surface area contributed by atoms with Crippen molar-refractivity contribution in [1.82, 2.24) is 4.90 Å². The Morgan fingerprint density at radius 2 is 1.52 bits per heavy atom. The summed E-state index contributed by atoms with van der Waals surface area (Å²) in [6.45, 7) is 6.27. The first-order chi connectivity index (χ1) is 10.9. The van der Waals surface area contributed by atoms with Gasteiger partial charge >= 0.3 is 0 Å². The third-order valence-electron chi connectivity index (χ3n) is 4.44. The van der Waals surface area contributed by atoms with E-state index in [1.54, 1.807) is 7.11 Å². The van der Waals surface area contributed by atoms with Gasteiger partial charge in [0.15, 0.2) is 0 Å². The molecule has 1 amide bonds. The molecule has 23 heavy (non-hydrogen) atoms. The van der Waals surface area contributed by atoms with Crippen molar-refractivity contribution in [2.75, 3.05) is 7.11 Å². The van der Waals surface area contributed by atoms with Crippen LogP contribution in [-0.2, 0) is 4.79 Å². The van der Waals surface area contributed by atoms with Crippen LogP contribution in [0.3, 0.4) is 0 Å². The van der Waals surface area contributed by atoms with E-state index < -0.39 is 0 Å². The number of rotatable bonds is 3. The number of benzene rings is 2. The van der Waals surface area contributed by atoms with Crippen LogP contribution < -0.4 is 4.74 Å². The largest absolute Gasteiger partial charge is 0.497 e. The van der Waals surface area contributed by atoms with Crippen molar-refractivity contribution < 1.29 is 9.53 Å². The normalized spacial score (nSPS) is 21.0. The second kappa shape index (κ2) is 5.73. The number of β-lactam (4-membered cyclic amide) rings is 1. The average Bonchev–Trinajstić information content (AvgIpc) is 2.52. The molecule has 2 atom stereocenters. The number of methoxy groups -OCH3 is 1. The summed E-state index contributed by atoms with van der Waals surface area (Å²) in [6, 6.07) is 18.2. The summed E-state index contributed by atoms with van der Waals surface area (Å²) >= 11 is 0. The molecular weight excluding hydrogens is 286 g/mol. The van der Waals surface area contributed by atoms with Crippen LogP contribution in [0.2, 0.25) is 0 Å². The molecule has 0 radical (unpaired) electrons. The minimum absolute atomic E-state index is 0.0806. The number of carbonyl (C=O) groups is 1. The van der Waals surface area contributed by atoms with Crippen LogP contribution in [0.4, 0.5) is 0 Å². The Bertz CT molecular complexity index is 686. The molecule has 0 unspecified atom stereocenters. The van der Waals surface area contributed by atoms with Crippen molar-refractivity contribution in [3.8, 4) is 5.75 Å². The van der Waals surface area contributed by atoms with E-state index in [0.717, 1.165) is 11.3 Å². The Morgan fingerprint density at radius 1 is 0.913 bits per heavy atom. The molecule has 1 aliphatic rings. The van der Waals surface area contributed by atoms with Crippen LogP contribution in [-0.4, -0.2) is 23.5 Å². The Hall–Kier alpha value is -2.29. The molecule has 120 valence electrons. The Kier molecular flexibility index (Phi) is 3.88. The lowest BCUT2D eigenvalue weighted by molar-refractivity contribution is -0.159. The summed E-state index contributed by atoms with van der Waals surface area (Å²) in [6.07, 6.45) is 0. The van der Waals surface area contributed by atoms with Crippen LogP contribution in [0.1, 0.15) is 43.9 Å². The van der Waals surface area contributed by atoms with Crippen molar-refractivity contribution >= 4 is 5.91 Å². The molecule has 0 bridgehead atoms. The molecule has 3 nitrogen and oxygen atoms in total. The van der Waals surface area contributed by atoms with Gasteiger partial charge in [0, 0.05) is 5.54 Å². The van der Waals surface area contributed by atoms with Gasteiger partial charge in [-0.2, -0.15) is 0 Å². The predicted molar refractivity (Wildman–Crippen MR) is 91.5 cm³/mol. The van der Waals surface area contributed by atoms with E-state index in [2.05, 4.69) is 32.9 Å². The van der Waals surface area contributed by atoms with Gasteiger partial charge in [0.05, 0.1) is 19.1 Å². The second-order valence-electron chi connectivity index (χ2n) is 6.99. The first-order valence-electron chi connectivity index (χ1n) is 7.95. The van der Waals surface area contributed by atoms with Gasteiger partial charge < -0.3 is 9.64 Å². The molecular formula is C20H23NO2. The highest BCUT2D eigenvalue weighted by Crippen LogP contribution is 2.50. The Balaban J connectivity index is 1.99. The van der Waals surface area contributed by atoms with E-state index in [1.165, 1.54) is 5.56 Å². The number of hydrogen-bond acceptors (Lipinski definition) is 2. The van der Waals surface area contributed by atoms with E-state index in [0.29, 0.717) is 0 Å². The fraction of sp³-hybridized carbons (Fsp3) is 0.350. The summed E-state index contributed by atoms with van der Waals surface area (Å²) in [5.74, 6) is 0.878. The fourth-order valence-electron chi connectivity index (χ4n) is 3.36. The minimum Gasteiger partial charge on any atom is -0.497 e. The van der Waals surface area contributed by atoms with Crippen LogP contribution >= 0.6 is 0 Å². The van der Waals surface area contributed by atoms with Gasteiger partial charge in [-0.15, -0.1) is 0 Å². The molecule has 0 saturated carbocycles. The van der Waals surface area contributed by atoms with E-state index >= 15 is 0 Å². The topological polar surface area (TPSA) is 29.5 Å². The molecule has 1 aliphatic heterocycles. The lowest BCUT2D eigenvalue weighted by atomic mass is 9.75. The molecule has 0 aromatic heterocycles. The zero-order valence-corrected chi connectivity index (χ0v) is 14.1. The van der Waals surface area contributed by atoms with Gasteiger partial charge in [-0.25, -0.2) is 0 Å². The predicted octanol–water partition coefficient (Wildman–Crippen LogP) is 4.16. The van der Waals surface area contributed by atoms with Crippen molar-refractivity contribution in [3.63, 3.8) is 0 Å². The summed E-state index contributed by atoms with van der Waals surface area (Å²) in [4.78, 5) is 14.8. The number of hydrogen-bond donors (Lipinski definition) is 0. The summed E-state index contributed by atoms with van der Waals surface area (Å²) < 4.78 is 5.22. The number of nitrogens with zero attached hydrogens (tertiary/aromatic N) is 1. The van der Waals surface area contributed by atoms with Crippen LogP contribution in [0.25, 0.3) is 0 Å². The number of ether oxygens (including phenoxy) is 1. The van der Waals surface area contributed by atoms with Gasteiger partial charge in [0.1, 0.15) is 5.75 Å². The molecule has 0 aliphatic carbocycles. The monoisotopic (exact) mass is 309 g/mol. The van der Waals surface area contributed by atoms with E-state index in [-0.39, 0.29) is 23.4 Å². The van der Waals surface area contributed by atoms with Gasteiger partial charge in [-0.05, 0) is 44.0 Å². The van der Waals surface area contributed by atoms with Gasteiger partial charge in [-0.1, -0.05) is 42.5 Å². The summed E-state index contributed by atoms with van der Waals surface area (Å²) in [5.41, 5.74) is 2.04. The zero-order chi connectivity index (χ0) is 16.6. The molecule has 1 heterocycles. The average molecular weight is 309 g/mol. The Labute approximate surface area is 137 Å². The van der Waals surface area contributed by atoms with Gasteiger partial charge in [0.2, 0.25) is 5.91 Å². The van der Waals surface area contributed by atoms with Gasteiger partial charge in [-0.3, -0.25) is 4.79 Å². The van der Waals surface area contributed by atoms with Crippen molar-refractivity contribution in [3.05, 3.63) is 65.7 Å². The van der Waals surface area contributed by atoms with Crippen LogP contribution in [0, 0.1) is 0 Å². The lowest BCUT2D eigenvalue weighted by Crippen LogP contribution is -2.60. The van der Waals surface area contributed by atoms with Crippen LogP contribution in [0.15, 0.2) is 54.6 Å².